The molecule has 2 aromatic carbocycles. The van der Waals surface area contributed by atoms with Crippen molar-refractivity contribution in [2.45, 2.75) is 26.4 Å². The van der Waals surface area contributed by atoms with Crippen molar-refractivity contribution >= 4 is 29.0 Å². The molecule has 4 aromatic rings. The second-order valence-corrected chi connectivity index (χ2v) is 9.16. The molecule has 34 heavy (non-hydrogen) atoms. The van der Waals surface area contributed by atoms with Crippen molar-refractivity contribution in [1.29, 1.82) is 0 Å². The number of nitrogens with one attached hydrogen (secondary N) is 1. The molecule has 2 aromatic heterocycles. The van der Waals surface area contributed by atoms with Crippen LogP contribution in [0, 0.1) is 11.7 Å². The molecule has 0 spiro atoms. The number of amides is 1. The third-order valence-corrected chi connectivity index (χ3v) is 6.76. The summed E-state index contributed by atoms with van der Waals surface area (Å²) < 4.78 is 2.46. The standard InChI is InChI=1S/C26H28N6OS/c1-19-7-9-21(10-8-19)25-28-29-26(34)32(25)13-11-23(33)31-16-14-30(15-17-31)18-22-5-2-4-20-6-3-12-27-24(20)22/h2-10,12H,11,13-18H2,1H3,(H,29,34). The van der Waals surface area contributed by atoms with Crippen LogP contribution in [0.5, 0.6) is 0 Å². The van der Waals surface area contributed by atoms with Crippen LogP contribution in [0.4, 0.5) is 0 Å². The van der Waals surface area contributed by atoms with Crippen LogP contribution in [0.15, 0.2) is 60.8 Å². The monoisotopic (exact) mass is 472 g/mol. The number of piperazine rings is 1. The Morgan fingerprint density at radius 1 is 1.03 bits per heavy atom. The van der Waals surface area contributed by atoms with Gasteiger partial charge in [0.2, 0.25) is 5.91 Å². The minimum Gasteiger partial charge on any atom is -0.340 e. The number of carbonyl (C=O) groups is 1. The molecular weight excluding hydrogens is 444 g/mol. The Hall–Kier alpha value is -3.36. The maximum atomic E-state index is 13.0. The summed E-state index contributed by atoms with van der Waals surface area (Å²) in [6, 6.07) is 18.6. The molecule has 0 radical (unpaired) electrons. The molecule has 174 valence electrons. The van der Waals surface area contributed by atoms with Gasteiger partial charge in [-0.25, -0.2) is 0 Å². The topological polar surface area (TPSA) is 70.1 Å². The number of para-hydroxylation sites is 1. The van der Waals surface area contributed by atoms with E-state index in [2.05, 4.69) is 63.4 Å². The zero-order valence-electron chi connectivity index (χ0n) is 19.3. The van der Waals surface area contributed by atoms with Crippen molar-refractivity contribution in [2.75, 3.05) is 26.2 Å². The van der Waals surface area contributed by atoms with Gasteiger partial charge < -0.3 is 4.90 Å². The predicted octanol–water partition coefficient (Wildman–Crippen LogP) is 4.20. The van der Waals surface area contributed by atoms with Gasteiger partial charge in [0, 0.05) is 62.8 Å². The fourth-order valence-corrected chi connectivity index (χ4v) is 4.73. The second kappa shape index (κ2) is 9.87. The largest absolute Gasteiger partial charge is 0.340 e. The summed E-state index contributed by atoms with van der Waals surface area (Å²) in [5.41, 5.74) is 4.47. The van der Waals surface area contributed by atoms with Crippen LogP contribution in [0.2, 0.25) is 0 Å². The number of pyridine rings is 1. The smallest absolute Gasteiger partial charge is 0.224 e. The molecule has 1 saturated heterocycles. The summed E-state index contributed by atoms with van der Waals surface area (Å²) in [5, 5.41) is 8.42. The number of benzene rings is 2. The van der Waals surface area contributed by atoms with Crippen LogP contribution in [0.25, 0.3) is 22.3 Å². The molecule has 0 saturated carbocycles. The van der Waals surface area contributed by atoms with Gasteiger partial charge in [-0.1, -0.05) is 54.1 Å². The second-order valence-electron chi connectivity index (χ2n) is 8.77. The summed E-state index contributed by atoms with van der Waals surface area (Å²) in [5.74, 6) is 0.927. The Morgan fingerprint density at radius 3 is 2.59 bits per heavy atom. The average molecular weight is 473 g/mol. The van der Waals surface area contributed by atoms with Crippen LogP contribution in [0.3, 0.4) is 0 Å². The first-order chi connectivity index (χ1) is 16.6. The SMILES string of the molecule is Cc1ccc(-c2n[nH]c(=S)n2CCC(=O)N2CCN(Cc3cccc4cccnc34)CC2)cc1. The molecule has 8 heteroatoms. The van der Waals surface area contributed by atoms with E-state index in [9.17, 15) is 4.79 Å². The molecule has 0 aliphatic carbocycles. The number of rotatable bonds is 6. The van der Waals surface area contributed by atoms with Gasteiger partial charge in [-0.3, -0.25) is 24.3 Å². The number of hydrogen-bond acceptors (Lipinski definition) is 5. The molecule has 3 heterocycles. The number of aryl methyl sites for hydroxylation is 1. The number of carbonyl (C=O) groups excluding carboxylic acids is 1. The van der Waals surface area contributed by atoms with Gasteiger partial charge >= 0.3 is 0 Å². The maximum Gasteiger partial charge on any atom is 0.224 e. The van der Waals surface area contributed by atoms with Crippen LogP contribution in [-0.2, 0) is 17.9 Å². The Labute approximate surface area is 204 Å². The van der Waals surface area contributed by atoms with E-state index in [-0.39, 0.29) is 5.91 Å². The predicted molar refractivity (Wildman–Crippen MR) is 136 cm³/mol. The molecule has 1 aliphatic heterocycles. The van der Waals surface area contributed by atoms with Crippen LogP contribution in [0.1, 0.15) is 17.5 Å². The van der Waals surface area contributed by atoms with Crippen molar-refractivity contribution in [3.8, 4) is 11.4 Å². The lowest BCUT2D eigenvalue weighted by molar-refractivity contribution is -0.133. The highest BCUT2D eigenvalue weighted by Crippen LogP contribution is 2.20. The summed E-state index contributed by atoms with van der Waals surface area (Å²) in [6.07, 6.45) is 2.25. The van der Waals surface area contributed by atoms with Gasteiger partial charge in [0.25, 0.3) is 0 Å². The normalized spacial score (nSPS) is 14.6. The first-order valence-electron chi connectivity index (χ1n) is 11.6. The van der Waals surface area contributed by atoms with E-state index in [0.717, 1.165) is 55.0 Å². The first-order valence-corrected chi connectivity index (χ1v) is 12.0. The van der Waals surface area contributed by atoms with E-state index in [1.807, 2.05) is 33.9 Å². The molecular formula is C26H28N6OS. The van der Waals surface area contributed by atoms with Crippen molar-refractivity contribution in [2.24, 2.45) is 0 Å². The zero-order valence-corrected chi connectivity index (χ0v) is 20.1. The number of fused-ring (bicyclic) bond motifs is 1. The van der Waals surface area contributed by atoms with Crippen LogP contribution in [-0.4, -0.2) is 61.6 Å². The highest BCUT2D eigenvalue weighted by Gasteiger charge is 2.22. The van der Waals surface area contributed by atoms with Crippen molar-refractivity contribution in [1.82, 2.24) is 29.5 Å². The number of aromatic amines is 1. The van der Waals surface area contributed by atoms with Crippen molar-refractivity contribution in [3.05, 3.63) is 76.7 Å². The molecule has 1 aliphatic rings. The Morgan fingerprint density at radius 2 is 1.79 bits per heavy atom. The molecule has 1 fully saturated rings. The lowest BCUT2D eigenvalue weighted by Gasteiger charge is -2.35. The lowest BCUT2D eigenvalue weighted by Crippen LogP contribution is -2.48. The zero-order chi connectivity index (χ0) is 23.5. The Balaban J connectivity index is 1.18. The van der Waals surface area contributed by atoms with E-state index >= 15 is 0 Å². The summed E-state index contributed by atoms with van der Waals surface area (Å²) >= 11 is 5.43. The summed E-state index contributed by atoms with van der Waals surface area (Å²) in [6.45, 7) is 6.60. The fourth-order valence-electron chi connectivity index (χ4n) is 4.50. The third kappa shape index (κ3) is 4.78. The minimum atomic E-state index is 0.157. The van der Waals surface area contributed by atoms with Gasteiger partial charge in [-0.05, 0) is 30.8 Å². The Bertz CT molecular complexity index is 1350. The minimum absolute atomic E-state index is 0.157. The van der Waals surface area contributed by atoms with Gasteiger partial charge in [0.1, 0.15) is 0 Å². The maximum absolute atomic E-state index is 13.0. The summed E-state index contributed by atoms with van der Waals surface area (Å²) in [4.78, 5) is 21.9. The van der Waals surface area contributed by atoms with Gasteiger partial charge in [-0.15, -0.1) is 0 Å². The lowest BCUT2D eigenvalue weighted by atomic mass is 10.1. The van der Waals surface area contributed by atoms with Gasteiger partial charge in [0.05, 0.1) is 5.52 Å². The molecule has 7 nitrogen and oxygen atoms in total. The number of aromatic nitrogens is 4. The van der Waals surface area contributed by atoms with E-state index in [1.165, 1.54) is 11.1 Å². The highest BCUT2D eigenvalue weighted by atomic mass is 32.1. The van der Waals surface area contributed by atoms with Crippen LogP contribution >= 0.6 is 12.2 Å². The number of hydrogen-bond donors (Lipinski definition) is 1. The van der Waals surface area contributed by atoms with E-state index < -0.39 is 0 Å². The average Bonchev–Trinajstić information content (AvgIpc) is 3.24. The number of H-pyrrole nitrogens is 1. The molecule has 0 bridgehead atoms. The fraction of sp³-hybridized carbons (Fsp3) is 0.308. The Kier molecular flexibility index (Phi) is 6.51. The molecule has 0 atom stereocenters. The third-order valence-electron chi connectivity index (χ3n) is 6.45. The summed E-state index contributed by atoms with van der Waals surface area (Å²) in [7, 11) is 0. The van der Waals surface area contributed by atoms with E-state index in [0.29, 0.717) is 17.7 Å². The molecule has 1 N–H and O–H groups in total. The van der Waals surface area contributed by atoms with Crippen LogP contribution < -0.4 is 0 Å². The van der Waals surface area contributed by atoms with E-state index in [1.54, 1.807) is 0 Å². The van der Waals surface area contributed by atoms with E-state index in [4.69, 9.17) is 12.2 Å². The van der Waals surface area contributed by atoms with Gasteiger partial charge in [0.15, 0.2) is 10.6 Å². The highest BCUT2D eigenvalue weighted by molar-refractivity contribution is 7.71. The first kappa shape index (κ1) is 22.4. The molecule has 1 amide bonds. The molecule has 5 rings (SSSR count). The number of nitrogens with zero attached hydrogens (tertiary/aromatic N) is 5. The quantitative estimate of drug-likeness (QED) is 0.426. The molecule has 0 unspecified atom stereocenters. The van der Waals surface area contributed by atoms with Gasteiger partial charge in [-0.2, -0.15) is 5.10 Å². The van der Waals surface area contributed by atoms with Crippen molar-refractivity contribution in [3.63, 3.8) is 0 Å². The van der Waals surface area contributed by atoms with Crippen molar-refractivity contribution < 1.29 is 4.79 Å².